The molecular weight excluding hydrogens is 280 g/mol. The van der Waals surface area contributed by atoms with E-state index in [1.165, 1.54) is 4.31 Å². The number of hydrogen-bond acceptors (Lipinski definition) is 3. The van der Waals surface area contributed by atoms with Crippen molar-refractivity contribution in [1.82, 2.24) is 4.31 Å². The second-order valence-electron chi connectivity index (χ2n) is 4.48. The van der Waals surface area contributed by atoms with E-state index in [0.29, 0.717) is 29.4 Å². The van der Waals surface area contributed by atoms with Gasteiger partial charge >= 0.3 is 0 Å². The number of sulfonamides is 1. The molecule has 0 amide bonds. The van der Waals surface area contributed by atoms with Crippen molar-refractivity contribution in [1.29, 1.82) is 0 Å². The normalized spacial score (nSPS) is 11.8. The number of aryl methyl sites for hydroxylation is 2. The van der Waals surface area contributed by atoms with Crippen LogP contribution in [0, 0.1) is 13.8 Å². The third-order valence-electron chi connectivity index (χ3n) is 2.91. The van der Waals surface area contributed by atoms with Gasteiger partial charge in [-0.15, -0.1) is 0 Å². The quantitative estimate of drug-likeness (QED) is 0.816. The number of hydrogen-bond donors (Lipinski definition) is 1. The Hall–Kier alpha value is -0.980. The molecule has 1 aromatic carbocycles. The van der Waals surface area contributed by atoms with Gasteiger partial charge in [-0.3, -0.25) is 0 Å². The Labute approximate surface area is 120 Å². The minimum atomic E-state index is -3.48. The standard InChI is InChI=1S/C13H20N2O2S2/c1-4-15(8-7-13(14)18)19(16,17)12-6-5-10(2)9-11(12)3/h5-6,9H,4,7-8H2,1-3H3,(H2,14,18). The average molecular weight is 300 g/mol. The van der Waals surface area contributed by atoms with Crippen LogP contribution in [0.3, 0.4) is 0 Å². The zero-order valence-corrected chi connectivity index (χ0v) is 13.1. The van der Waals surface area contributed by atoms with E-state index in [1.807, 2.05) is 13.0 Å². The molecule has 0 fully saturated rings. The summed E-state index contributed by atoms with van der Waals surface area (Å²) in [4.78, 5) is 0.678. The van der Waals surface area contributed by atoms with Gasteiger partial charge in [-0.05, 0) is 25.5 Å². The number of nitrogens with zero attached hydrogens (tertiary/aromatic N) is 1. The molecule has 0 aliphatic heterocycles. The maximum atomic E-state index is 12.5. The smallest absolute Gasteiger partial charge is 0.243 e. The third kappa shape index (κ3) is 3.99. The SMILES string of the molecule is CCN(CCC(N)=S)S(=O)(=O)c1ccc(C)cc1C. The summed E-state index contributed by atoms with van der Waals surface area (Å²) in [6.45, 7) is 6.27. The summed E-state index contributed by atoms with van der Waals surface area (Å²) in [6, 6.07) is 5.33. The Morgan fingerprint density at radius 1 is 1.37 bits per heavy atom. The Morgan fingerprint density at radius 2 is 2.00 bits per heavy atom. The topological polar surface area (TPSA) is 63.4 Å². The van der Waals surface area contributed by atoms with E-state index in [-0.39, 0.29) is 0 Å². The lowest BCUT2D eigenvalue weighted by Gasteiger charge is -2.21. The van der Waals surface area contributed by atoms with Crippen molar-refractivity contribution in [3.63, 3.8) is 0 Å². The first kappa shape index (κ1) is 16.1. The molecule has 0 radical (unpaired) electrons. The molecule has 0 aliphatic rings. The van der Waals surface area contributed by atoms with E-state index >= 15 is 0 Å². The van der Waals surface area contributed by atoms with Crippen LogP contribution in [-0.4, -0.2) is 30.8 Å². The van der Waals surface area contributed by atoms with E-state index in [0.717, 1.165) is 11.1 Å². The number of rotatable bonds is 6. The van der Waals surface area contributed by atoms with E-state index in [1.54, 1.807) is 26.0 Å². The maximum absolute atomic E-state index is 12.5. The molecule has 0 unspecified atom stereocenters. The zero-order chi connectivity index (χ0) is 14.6. The lowest BCUT2D eigenvalue weighted by atomic mass is 10.2. The average Bonchev–Trinajstić information content (AvgIpc) is 2.28. The van der Waals surface area contributed by atoms with Gasteiger partial charge in [0.25, 0.3) is 0 Å². The second-order valence-corrected chi connectivity index (χ2v) is 6.91. The van der Waals surface area contributed by atoms with Crippen LogP contribution in [0.2, 0.25) is 0 Å². The van der Waals surface area contributed by atoms with Crippen molar-refractivity contribution in [3.05, 3.63) is 29.3 Å². The molecule has 0 aliphatic carbocycles. The van der Waals surface area contributed by atoms with Crippen LogP contribution in [0.4, 0.5) is 0 Å². The molecule has 0 spiro atoms. The second kappa shape index (κ2) is 6.45. The van der Waals surface area contributed by atoms with Crippen molar-refractivity contribution in [2.75, 3.05) is 13.1 Å². The maximum Gasteiger partial charge on any atom is 0.243 e. The minimum Gasteiger partial charge on any atom is -0.393 e. The van der Waals surface area contributed by atoms with E-state index in [2.05, 4.69) is 0 Å². The third-order valence-corrected chi connectivity index (χ3v) is 5.25. The summed E-state index contributed by atoms with van der Waals surface area (Å²) < 4.78 is 26.5. The highest BCUT2D eigenvalue weighted by molar-refractivity contribution is 7.89. The first-order valence-corrected chi connectivity index (χ1v) is 7.99. The molecule has 0 heterocycles. The molecule has 0 bridgehead atoms. The summed E-state index contributed by atoms with van der Waals surface area (Å²) in [5, 5.41) is 0. The lowest BCUT2D eigenvalue weighted by molar-refractivity contribution is 0.437. The fraction of sp³-hybridized carbons (Fsp3) is 0.462. The summed E-state index contributed by atoms with van der Waals surface area (Å²) in [5.41, 5.74) is 7.24. The first-order chi connectivity index (χ1) is 8.78. The lowest BCUT2D eigenvalue weighted by Crippen LogP contribution is -2.34. The summed E-state index contributed by atoms with van der Waals surface area (Å²) in [5.74, 6) is 0. The summed E-state index contributed by atoms with van der Waals surface area (Å²) in [7, 11) is -3.48. The van der Waals surface area contributed by atoms with E-state index < -0.39 is 10.0 Å². The van der Waals surface area contributed by atoms with Gasteiger partial charge in [0.05, 0.1) is 9.88 Å². The van der Waals surface area contributed by atoms with Crippen LogP contribution >= 0.6 is 12.2 Å². The summed E-state index contributed by atoms with van der Waals surface area (Å²) >= 11 is 4.80. The minimum absolute atomic E-state index is 0.321. The summed E-state index contributed by atoms with van der Waals surface area (Å²) in [6.07, 6.45) is 0.396. The molecule has 6 heteroatoms. The van der Waals surface area contributed by atoms with Gasteiger partial charge in [-0.25, -0.2) is 8.42 Å². The first-order valence-electron chi connectivity index (χ1n) is 6.14. The van der Waals surface area contributed by atoms with Crippen molar-refractivity contribution < 1.29 is 8.42 Å². The Bertz CT molecular complexity index is 568. The van der Waals surface area contributed by atoms with Crippen molar-refractivity contribution in [2.45, 2.75) is 32.1 Å². The Kier molecular flexibility index (Phi) is 5.46. The van der Waals surface area contributed by atoms with Gasteiger partial charge in [0.15, 0.2) is 0 Å². The van der Waals surface area contributed by atoms with Crippen LogP contribution < -0.4 is 5.73 Å². The highest BCUT2D eigenvalue weighted by Crippen LogP contribution is 2.21. The van der Waals surface area contributed by atoms with Gasteiger partial charge in [-0.2, -0.15) is 4.31 Å². The molecule has 1 aromatic rings. The molecule has 106 valence electrons. The van der Waals surface area contributed by atoms with Gasteiger partial charge in [0.2, 0.25) is 10.0 Å². The van der Waals surface area contributed by atoms with Crippen molar-refractivity contribution in [2.24, 2.45) is 5.73 Å². The highest BCUT2D eigenvalue weighted by Gasteiger charge is 2.24. The van der Waals surface area contributed by atoms with Crippen LogP contribution in [0.25, 0.3) is 0 Å². The molecule has 2 N–H and O–H groups in total. The molecule has 0 saturated carbocycles. The van der Waals surface area contributed by atoms with Crippen molar-refractivity contribution >= 4 is 27.2 Å². The number of benzene rings is 1. The predicted molar refractivity (Wildman–Crippen MR) is 81.8 cm³/mol. The van der Waals surface area contributed by atoms with Crippen LogP contribution in [-0.2, 0) is 10.0 Å². The largest absolute Gasteiger partial charge is 0.393 e. The van der Waals surface area contributed by atoms with Gasteiger partial charge in [-0.1, -0.05) is 36.8 Å². The molecule has 19 heavy (non-hydrogen) atoms. The van der Waals surface area contributed by atoms with E-state index in [9.17, 15) is 8.42 Å². The monoisotopic (exact) mass is 300 g/mol. The van der Waals surface area contributed by atoms with Crippen LogP contribution in [0.15, 0.2) is 23.1 Å². The fourth-order valence-corrected chi connectivity index (χ4v) is 3.66. The molecule has 0 atom stereocenters. The molecule has 0 aromatic heterocycles. The Balaban J connectivity index is 3.09. The molecular formula is C13H20N2O2S2. The van der Waals surface area contributed by atoms with Gasteiger partial charge in [0.1, 0.15) is 0 Å². The fourth-order valence-electron chi connectivity index (χ4n) is 1.91. The van der Waals surface area contributed by atoms with Gasteiger partial charge in [0, 0.05) is 19.5 Å². The molecule has 1 rings (SSSR count). The Morgan fingerprint density at radius 3 is 2.47 bits per heavy atom. The number of thiocarbonyl (C=S) groups is 1. The zero-order valence-electron chi connectivity index (χ0n) is 11.5. The van der Waals surface area contributed by atoms with Crippen molar-refractivity contribution in [3.8, 4) is 0 Å². The number of nitrogens with two attached hydrogens (primary N) is 1. The molecule has 4 nitrogen and oxygen atoms in total. The highest BCUT2D eigenvalue weighted by atomic mass is 32.2. The van der Waals surface area contributed by atoms with Gasteiger partial charge < -0.3 is 5.73 Å². The predicted octanol–water partition coefficient (Wildman–Crippen LogP) is 1.99. The van der Waals surface area contributed by atoms with Crippen LogP contribution in [0.1, 0.15) is 24.5 Å². The van der Waals surface area contributed by atoms with Crippen LogP contribution in [0.5, 0.6) is 0 Å². The molecule has 0 saturated heterocycles. The van der Waals surface area contributed by atoms with E-state index in [4.69, 9.17) is 18.0 Å².